The summed E-state index contributed by atoms with van der Waals surface area (Å²) in [6, 6.07) is 6.94. The Bertz CT molecular complexity index is 639. The van der Waals surface area contributed by atoms with Crippen molar-refractivity contribution in [2.75, 3.05) is 0 Å². The second kappa shape index (κ2) is 5.55. The minimum absolute atomic E-state index is 0.367. The summed E-state index contributed by atoms with van der Waals surface area (Å²) in [5.41, 5.74) is 0.853. The number of rotatable bonds is 2. The van der Waals surface area contributed by atoms with E-state index in [4.69, 9.17) is 0 Å². The predicted octanol–water partition coefficient (Wildman–Crippen LogP) is 5.14. The van der Waals surface area contributed by atoms with Crippen LogP contribution in [0.5, 0.6) is 5.75 Å². The molecule has 0 aliphatic heterocycles. The smallest absolute Gasteiger partial charge is 0.406 e. The first-order valence-corrected chi connectivity index (χ1v) is 6.35. The molecule has 0 N–H and O–H groups in total. The van der Waals surface area contributed by atoms with Gasteiger partial charge in [-0.05, 0) is 64.0 Å². The third-order valence-electron chi connectivity index (χ3n) is 2.40. The molecule has 0 amide bonds. The lowest BCUT2D eigenvalue weighted by atomic mass is 10.1. The highest BCUT2D eigenvalue weighted by Crippen LogP contribution is 2.31. The standard InChI is InChI=1S/C13H6F5IO/c14-10-4-1-7(5-11(10)15)9-3-2-8(6-12(9)19)20-13(16,17)18/h1-6H. The van der Waals surface area contributed by atoms with Gasteiger partial charge in [-0.25, -0.2) is 8.78 Å². The molecule has 0 unspecified atom stereocenters. The first-order valence-electron chi connectivity index (χ1n) is 5.27. The molecular weight excluding hydrogens is 394 g/mol. The molecule has 7 heteroatoms. The lowest BCUT2D eigenvalue weighted by Crippen LogP contribution is -2.17. The summed E-state index contributed by atoms with van der Waals surface area (Å²) in [7, 11) is 0. The van der Waals surface area contributed by atoms with Crippen molar-refractivity contribution in [1.82, 2.24) is 0 Å². The Balaban J connectivity index is 2.36. The van der Waals surface area contributed by atoms with E-state index in [0.29, 0.717) is 14.7 Å². The summed E-state index contributed by atoms with van der Waals surface area (Å²) < 4.78 is 66.4. The van der Waals surface area contributed by atoms with Gasteiger partial charge in [0.05, 0.1) is 0 Å². The molecule has 0 saturated heterocycles. The van der Waals surface area contributed by atoms with E-state index >= 15 is 0 Å². The molecule has 0 aliphatic rings. The Morgan fingerprint density at radius 2 is 1.60 bits per heavy atom. The Kier molecular flexibility index (Phi) is 4.17. The predicted molar refractivity (Wildman–Crippen MR) is 71.2 cm³/mol. The van der Waals surface area contributed by atoms with Crippen LogP contribution in [-0.4, -0.2) is 6.36 Å². The van der Waals surface area contributed by atoms with Gasteiger partial charge in [0.25, 0.3) is 0 Å². The van der Waals surface area contributed by atoms with Gasteiger partial charge in [0.1, 0.15) is 5.75 Å². The highest BCUT2D eigenvalue weighted by atomic mass is 127. The number of alkyl halides is 3. The van der Waals surface area contributed by atoms with Crippen molar-refractivity contribution in [3.05, 3.63) is 51.6 Å². The first kappa shape index (κ1) is 15.0. The molecule has 0 atom stereocenters. The number of benzene rings is 2. The second-order valence-corrected chi connectivity index (χ2v) is 4.98. The molecule has 0 radical (unpaired) electrons. The van der Waals surface area contributed by atoms with Crippen molar-refractivity contribution in [3.63, 3.8) is 0 Å². The maximum absolute atomic E-state index is 13.1. The highest BCUT2D eigenvalue weighted by Gasteiger charge is 2.31. The molecule has 0 aromatic heterocycles. The van der Waals surface area contributed by atoms with Crippen LogP contribution in [0.15, 0.2) is 36.4 Å². The average Bonchev–Trinajstić information content (AvgIpc) is 2.31. The van der Waals surface area contributed by atoms with E-state index in [1.807, 2.05) is 0 Å². The Hall–Kier alpha value is -1.38. The third-order valence-corrected chi connectivity index (χ3v) is 3.30. The lowest BCUT2D eigenvalue weighted by Gasteiger charge is -2.11. The lowest BCUT2D eigenvalue weighted by molar-refractivity contribution is -0.274. The van der Waals surface area contributed by atoms with Crippen LogP contribution in [-0.2, 0) is 0 Å². The normalized spacial score (nSPS) is 11.5. The average molecular weight is 400 g/mol. The molecule has 0 saturated carbocycles. The third kappa shape index (κ3) is 3.59. The molecule has 1 nitrogen and oxygen atoms in total. The zero-order valence-electron chi connectivity index (χ0n) is 9.64. The van der Waals surface area contributed by atoms with Gasteiger partial charge in [-0.2, -0.15) is 0 Å². The van der Waals surface area contributed by atoms with Gasteiger partial charge in [0.15, 0.2) is 11.6 Å². The monoisotopic (exact) mass is 400 g/mol. The Labute approximate surface area is 124 Å². The largest absolute Gasteiger partial charge is 0.573 e. The van der Waals surface area contributed by atoms with E-state index < -0.39 is 18.0 Å². The van der Waals surface area contributed by atoms with Gasteiger partial charge >= 0.3 is 6.36 Å². The maximum Gasteiger partial charge on any atom is 0.573 e. The SMILES string of the molecule is Fc1ccc(-c2ccc(OC(F)(F)F)cc2I)cc1F. The second-order valence-electron chi connectivity index (χ2n) is 3.82. The van der Waals surface area contributed by atoms with Gasteiger partial charge in [0, 0.05) is 3.57 Å². The molecule has 0 fully saturated rings. The Morgan fingerprint density at radius 1 is 0.900 bits per heavy atom. The fourth-order valence-electron chi connectivity index (χ4n) is 1.59. The van der Waals surface area contributed by atoms with Gasteiger partial charge in [-0.1, -0.05) is 6.07 Å². The van der Waals surface area contributed by atoms with Crippen molar-refractivity contribution in [1.29, 1.82) is 0 Å². The number of halogens is 6. The molecule has 0 aliphatic carbocycles. The van der Waals surface area contributed by atoms with E-state index in [-0.39, 0.29) is 5.75 Å². The van der Waals surface area contributed by atoms with Crippen LogP contribution in [0.2, 0.25) is 0 Å². The molecule has 20 heavy (non-hydrogen) atoms. The minimum Gasteiger partial charge on any atom is -0.406 e. The van der Waals surface area contributed by atoms with Crippen molar-refractivity contribution in [2.24, 2.45) is 0 Å². The molecule has 2 aromatic carbocycles. The van der Waals surface area contributed by atoms with Crippen molar-refractivity contribution >= 4 is 22.6 Å². The summed E-state index contributed by atoms with van der Waals surface area (Å²) in [4.78, 5) is 0. The van der Waals surface area contributed by atoms with Crippen molar-refractivity contribution < 1.29 is 26.7 Å². The zero-order chi connectivity index (χ0) is 14.9. The van der Waals surface area contributed by atoms with E-state index in [9.17, 15) is 22.0 Å². The molecule has 2 aromatic rings. The fraction of sp³-hybridized carbons (Fsp3) is 0.0769. The van der Waals surface area contributed by atoms with Crippen LogP contribution in [0.25, 0.3) is 11.1 Å². The van der Waals surface area contributed by atoms with Crippen LogP contribution in [0.4, 0.5) is 22.0 Å². The number of hydrogen-bond acceptors (Lipinski definition) is 1. The summed E-state index contributed by atoms with van der Waals surface area (Å²) in [6.07, 6.45) is -4.77. The maximum atomic E-state index is 13.1. The van der Waals surface area contributed by atoms with Crippen LogP contribution in [0.1, 0.15) is 0 Å². The molecule has 0 heterocycles. The van der Waals surface area contributed by atoms with Gasteiger partial charge in [0.2, 0.25) is 0 Å². The summed E-state index contributed by atoms with van der Waals surface area (Å²) >= 11 is 1.80. The van der Waals surface area contributed by atoms with Crippen molar-refractivity contribution in [3.8, 4) is 16.9 Å². The van der Waals surface area contributed by atoms with Crippen LogP contribution >= 0.6 is 22.6 Å². The zero-order valence-corrected chi connectivity index (χ0v) is 11.8. The minimum atomic E-state index is -4.77. The van der Waals surface area contributed by atoms with E-state index in [0.717, 1.165) is 18.2 Å². The molecule has 0 spiro atoms. The summed E-state index contributed by atoms with van der Waals surface area (Å²) in [5.74, 6) is -2.37. The summed E-state index contributed by atoms with van der Waals surface area (Å²) in [5, 5.41) is 0. The fourth-order valence-corrected chi connectivity index (χ4v) is 2.39. The molecule has 106 valence electrons. The van der Waals surface area contributed by atoms with Gasteiger partial charge < -0.3 is 4.74 Å². The van der Waals surface area contributed by atoms with Crippen molar-refractivity contribution in [2.45, 2.75) is 6.36 Å². The number of hydrogen-bond donors (Lipinski definition) is 0. The number of ether oxygens (including phenoxy) is 1. The summed E-state index contributed by atoms with van der Waals surface area (Å²) in [6.45, 7) is 0. The van der Waals surface area contributed by atoms with Gasteiger partial charge in [-0.15, -0.1) is 13.2 Å². The topological polar surface area (TPSA) is 9.23 Å². The van der Waals surface area contributed by atoms with Gasteiger partial charge in [-0.3, -0.25) is 0 Å². The quantitative estimate of drug-likeness (QED) is 0.502. The van der Waals surface area contributed by atoms with Crippen LogP contribution < -0.4 is 4.74 Å². The Morgan fingerprint density at radius 3 is 2.15 bits per heavy atom. The van der Waals surface area contributed by atoms with Crippen LogP contribution in [0.3, 0.4) is 0 Å². The first-order chi connectivity index (χ1) is 9.26. The van der Waals surface area contributed by atoms with E-state index in [1.54, 1.807) is 22.6 Å². The van der Waals surface area contributed by atoms with Crippen LogP contribution in [0, 0.1) is 15.2 Å². The highest BCUT2D eigenvalue weighted by molar-refractivity contribution is 14.1. The van der Waals surface area contributed by atoms with E-state index in [1.165, 1.54) is 18.2 Å². The molecule has 2 rings (SSSR count). The van der Waals surface area contributed by atoms with E-state index in [2.05, 4.69) is 4.74 Å². The molecule has 0 bridgehead atoms. The molecular formula is C13H6F5IO.